The Balaban J connectivity index is 0.000000720. The van der Waals surface area contributed by atoms with E-state index < -0.39 is 12.1 Å². The Hall–Kier alpha value is 0.0400. The molecular formula is C7H11ClF3N. The van der Waals surface area contributed by atoms with Crippen molar-refractivity contribution >= 4 is 12.4 Å². The largest absolute Gasteiger partial charge is 0.392 e. The molecule has 72 valence electrons. The van der Waals surface area contributed by atoms with E-state index in [4.69, 9.17) is 0 Å². The van der Waals surface area contributed by atoms with Crippen LogP contribution in [0.4, 0.5) is 13.2 Å². The maximum atomic E-state index is 12.1. The highest BCUT2D eigenvalue weighted by molar-refractivity contribution is 5.85. The normalized spacial score (nSPS) is 39.8. The minimum atomic E-state index is -3.95. The lowest BCUT2D eigenvalue weighted by atomic mass is 9.66. The molecule has 2 fully saturated rings. The Morgan fingerprint density at radius 2 is 1.83 bits per heavy atom. The molecule has 0 amide bonds. The number of alkyl halides is 3. The number of hydrogen-bond donors (Lipinski definition) is 1. The highest BCUT2D eigenvalue weighted by atomic mass is 35.5. The molecule has 1 aliphatic carbocycles. The summed E-state index contributed by atoms with van der Waals surface area (Å²) in [6.07, 6.45) is -3.60. The molecule has 0 aromatic rings. The van der Waals surface area contributed by atoms with Crippen LogP contribution in [0.15, 0.2) is 0 Å². The molecule has 2 rings (SSSR count). The molecule has 1 N–H and O–H groups in total. The van der Waals surface area contributed by atoms with Gasteiger partial charge >= 0.3 is 6.18 Å². The molecular weight excluding hydrogens is 191 g/mol. The van der Waals surface area contributed by atoms with Crippen LogP contribution >= 0.6 is 12.4 Å². The predicted octanol–water partition coefficient (Wildman–Crippen LogP) is 1.83. The average molecular weight is 202 g/mol. The topological polar surface area (TPSA) is 12.0 Å². The van der Waals surface area contributed by atoms with Crippen molar-refractivity contribution in [2.45, 2.75) is 12.6 Å². The molecule has 1 aliphatic heterocycles. The van der Waals surface area contributed by atoms with Crippen LogP contribution in [0.1, 0.15) is 6.42 Å². The second-order valence-corrected chi connectivity index (χ2v) is 3.47. The van der Waals surface area contributed by atoms with Gasteiger partial charge in [0, 0.05) is 0 Å². The van der Waals surface area contributed by atoms with Crippen LogP contribution in [-0.2, 0) is 0 Å². The molecule has 0 spiro atoms. The van der Waals surface area contributed by atoms with Crippen molar-refractivity contribution in [1.82, 2.24) is 5.32 Å². The fourth-order valence-electron chi connectivity index (χ4n) is 2.16. The number of fused-ring (bicyclic) bond motifs is 1. The van der Waals surface area contributed by atoms with Gasteiger partial charge < -0.3 is 5.32 Å². The van der Waals surface area contributed by atoms with Gasteiger partial charge in [-0.25, -0.2) is 0 Å². The van der Waals surface area contributed by atoms with Crippen molar-refractivity contribution in [2.24, 2.45) is 17.8 Å². The Labute approximate surface area is 75.1 Å². The molecule has 1 saturated heterocycles. The smallest absolute Gasteiger partial charge is 0.316 e. The Morgan fingerprint density at radius 3 is 2.33 bits per heavy atom. The first-order valence-electron chi connectivity index (χ1n) is 3.86. The number of hydrogen-bond acceptors (Lipinski definition) is 1. The van der Waals surface area contributed by atoms with Gasteiger partial charge in [-0.1, -0.05) is 0 Å². The molecule has 5 heteroatoms. The van der Waals surface area contributed by atoms with Gasteiger partial charge in [0.05, 0.1) is 5.92 Å². The summed E-state index contributed by atoms with van der Waals surface area (Å²) in [5.74, 6) is -0.820. The molecule has 0 aromatic heterocycles. The zero-order chi connectivity index (χ0) is 8.06. The second kappa shape index (κ2) is 3.07. The van der Waals surface area contributed by atoms with Gasteiger partial charge in [-0.05, 0) is 31.3 Å². The molecule has 0 aromatic carbocycles. The minimum absolute atomic E-state index is 0. The fourth-order valence-corrected chi connectivity index (χ4v) is 2.16. The van der Waals surface area contributed by atoms with Gasteiger partial charge in [0.25, 0.3) is 0 Å². The van der Waals surface area contributed by atoms with E-state index in [1.807, 2.05) is 0 Å². The molecule has 3 atom stereocenters. The molecule has 12 heavy (non-hydrogen) atoms. The van der Waals surface area contributed by atoms with E-state index >= 15 is 0 Å². The van der Waals surface area contributed by atoms with Crippen molar-refractivity contribution in [3.63, 3.8) is 0 Å². The van der Waals surface area contributed by atoms with E-state index in [0.717, 1.165) is 6.54 Å². The lowest BCUT2D eigenvalue weighted by Gasteiger charge is -2.40. The summed E-state index contributed by atoms with van der Waals surface area (Å²) in [5.41, 5.74) is 0. The van der Waals surface area contributed by atoms with Crippen LogP contribution < -0.4 is 5.32 Å². The molecule has 1 nitrogen and oxygen atoms in total. The third kappa shape index (κ3) is 1.42. The van der Waals surface area contributed by atoms with Crippen LogP contribution in [0.2, 0.25) is 0 Å². The lowest BCUT2D eigenvalue weighted by Crippen LogP contribution is -2.44. The Kier molecular flexibility index (Phi) is 2.59. The Bertz CT molecular complexity index is 171. The summed E-state index contributed by atoms with van der Waals surface area (Å²) in [5, 5.41) is 2.99. The van der Waals surface area contributed by atoms with Gasteiger partial charge in [-0.15, -0.1) is 12.4 Å². The number of rotatable bonds is 0. The van der Waals surface area contributed by atoms with E-state index in [1.165, 1.54) is 0 Å². The first-order valence-corrected chi connectivity index (χ1v) is 3.86. The zero-order valence-corrected chi connectivity index (χ0v) is 7.21. The zero-order valence-electron chi connectivity index (χ0n) is 6.40. The molecule has 0 radical (unpaired) electrons. The summed E-state index contributed by atoms with van der Waals surface area (Å²) in [6.45, 7) is 1.35. The van der Waals surface area contributed by atoms with Crippen LogP contribution in [0.25, 0.3) is 0 Å². The van der Waals surface area contributed by atoms with Crippen LogP contribution in [0.3, 0.4) is 0 Å². The maximum Gasteiger partial charge on any atom is 0.392 e. The second-order valence-electron chi connectivity index (χ2n) is 3.47. The SMILES string of the molecule is Cl.FC(F)(F)C1CC2CNCC21. The standard InChI is InChI=1S/C7H10F3N.ClH/c8-7(9,10)6-1-4-2-11-3-5(4)6;/h4-6,11H,1-3H2;1H. The fraction of sp³-hybridized carbons (Fsp3) is 1.00. The van der Waals surface area contributed by atoms with E-state index in [9.17, 15) is 13.2 Å². The number of halogens is 4. The van der Waals surface area contributed by atoms with E-state index in [0.29, 0.717) is 18.9 Å². The summed E-state index contributed by atoms with van der Waals surface area (Å²) >= 11 is 0. The lowest BCUT2D eigenvalue weighted by molar-refractivity contribution is -0.220. The molecule has 2 aliphatic rings. The molecule has 3 unspecified atom stereocenters. The van der Waals surface area contributed by atoms with E-state index in [1.54, 1.807) is 0 Å². The molecule has 1 heterocycles. The van der Waals surface area contributed by atoms with Crippen LogP contribution in [-0.4, -0.2) is 19.3 Å². The van der Waals surface area contributed by atoms with Crippen molar-refractivity contribution in [2.75, 3.05) is 13.1 Å². The van der Waals surface area contributed by atoms with Crippen molar-refractivity contribution in [1.29, 1.82) is 0 Å². The van der Waals surface area contributed by atoms with Gasteiger partial charge in [-0.2, -0.15) is 13.2 Å². The first kappa shape index (κ1) is 10.1. The van der Waals surface area contributed by atoms with Crippen LogP contribution in [0.5, 0.6) is 0 Å². The summed E-state index contributed by atoms with van der Waals surface area (Å²) < 4.78 is 36.3. The highest BCUT2D eigenvalue weighted by Crippen LogP contribution is 2.50. The van der Waals surface area contributed by atoms with Crippen molar-refractivity contribution in [3.8, 4) is 0 Å². The Morgan fingerprint density at radius 1 is 1.17 bits per heavy atom. The van der Waals surface area contributed by atoms with Crippen LogP contribution in [0, 0.1) is 17.8 Å². The minimum Gasteiger partial charge on any atom is -0.316 e. The van der Waals surface area contributed by atoms with E-state index in [2.05, 4.69) is 5.32 Å². The van der Waals surface area contributed by atoms with Crippen molar-refractivity contribution < 1.29 is 13.2 Å². The van der Waals surface area contributed by atoms with Gasteiger partial charge in [0.1, 0.15) is 0 Å². The third-order valence-corrected chi connectivity index (χ3v) is 2.89. The highest BCUT2D eigenvalue weighted by Gasteiger charge is 2.56. The monoisotopic (exact) mass is 201 g/mol. The van der Waals surface area contributed by atoms with Gasteiger partial charge in [-0.3, -0.25) is 0 Å². The van der Waals surface area contributed by atoms with Crippen molar-refractivity contribution in [3.05, 3.63) is 0 Å². The van der Waals surface area contributed by atoms with E-state index in [-0.39, 0.29) is 18.3 Å². The van der Waals surface area contributed by atoms with Gasteiger partial charge in [0.2, 0.25) is 0 Å². The summed E-state index contributed by atoms with van der Waals surface area (Å²) in [6, 6.07) is 0. The average Bonchev–Trinajstić information content (AvgIpc) is 2.08. The maximum absolute atomic E-state index is 12.1. The molecule has 1 saturated carbocycles. The predicted molar refractivity (Wildman–Crippen MR) is 41.3 cm³/mol. The third-order valence-electron chi connectivity index (χ3n) is 2.89. The number of nitrogens with one attached hydrogen (secondary N) is 1. The quantitative estimate of drug-likeness (QED) is 0.631. The first-order chi connectivity index (χ1) is 5.09. The summed E-state index contributed by atoms with van der Waals surface area (Å²) in [7, 11) is 0. The molecule has 0 bridgehead atoms. The van der Waals surface area contributed by atoms with Gasteiger partial charge in [0.15, 0.2) is 0 Å². The summed E-state index contributed by atoms with van der Waals surface area (Å²) in [4.78, 5) is 0.